The standard InChI is InChI=1S/C14H24N2O3S2/c1-10(2)15-8-13-7-14(12(4)19-13)21(17,18)16-5-6-20-11(3)9-16/h7,10-11,15H,5-6,8-9H2,1-4H3. The summed E-state index contributed by atoms with van der Waals surface area (Å²) >= 11 is 1.81. The van der Waals surface area contributed by atoms with E-state index in [-0.39, 0.29) is 0 Å². The van der Waals surface area contributed by atoms with Crippen LogP contribution in [0.4, 0.5) is 0 Å². The first-order valence-corrected chi connectivity index (χ1v) is 9.74. The van der Waals surface area contributed by atoms with E-state index in [9.17, 15) is 8.42 Å². The summed E-state index contributed by atoms with van der Waals surface area (Å²) in [5, 5.41) is 3.57. The molecule has 5 nitrogen and oxygen atoms in total. The van der Waals surface area contributed by atoms with Gasteiger partial charge in [-0.15, -0.1) is 0 Å². The van der Waals surface area contributed by atoms with Crippen LogP contribution in [0.5, 0.6) is 0 Å². The van der Waals surface area contributed by atoms with E-state index in [0.29, 0.717) is 47.3 Å². The summed E-state index contributed by atoms with van der Waals surface area (Å²) in [5.41, 5.74) is 0. The highest BCUT2D eigenvalue weighted by Gasteiger charge is 2.31. The Kier molecular flexibility index (Phi) is 5.40. The third kappa shape index (κ3) is 4.03. The first-order chi connectivity index (χ1) is 9.80. The Hall–Kier alpha value is -0.500. The highest BCUT2D eigenvalue weighted by atomic mass is 32.2. The molecular weight excluding hydrogens is 308 g/mol. The average molecular weight is 332 g/mol. The van der Waals surface area contributed by atoms with Crippen LogP contribution in [-0.2, 0) is 16.6 Å². The maximum atomic E-state index is 12.7. The number of thioether (sulfide) groups is 1. The van der Waals surface area contributed by atoms with Crippen LogP contribution in [0.2, 0.25) is 0 Å². The molecule has 2 rings (SSSR count). The van der Waals surface area contributed by atoms with Crippen molar-refractivity contribution in [2.75, 3.05) is 18.8 Å². The van der Waals surface area contributed by atoms with Gasteiger partial charge < -0.3 is 9.73 Å². The molecule has 2 heterocycles. The molecule has 7 heteroatoms. The van der Waals surface area contributed by atoms with Crippen LogP contribution in [0.15, 0.2) is 15.4 Å². The molecule has 1 aromatic rings. The molecule has 1 N–H and O–H groups in total. The Bertz CT molecular complexity index is 581. The van der Waals surface area contributed by atoms with E-state index in [1.807, 2.05) is 25.6 Å². The largest absolute Gasteiger partial charge is 0.464 e. The van der Waals surface area contributed by atoms with Crippen LogP contribution < -0.4 is 5.32 Å². The maximum Gasteiger partial charge on any atom is 0.246 e. The molecule has 1 saturated heterocycles. The first kappa shape index (κ1) is 16.9. The molecule has 1 aliphatic rings. The molecule has 0 aromatic carbocycles. The molecule has 1 unspecified atom stereocenters. The minimum atomic E-state index is -3.44. The molecule has 0 aliphatic carbocycles. The average Bonchev–Trinajstić information content (AvgIpc) is 2.78. The smallest absolute Gasteiger partial charge is 0.246 e. The van der Waals surface area contributed by atoms with E-state index >= 15 is 0 Å². The molecule has 0 saturated carbocycles. The molecule has 1 aromatic heterocycles. The van der Waals surface area contributed by atoms with Gasteiger partial charge in [-0.2, -0.15) is 16.1 Å². The van der Waals surface area contributed by atoms with Gasteiger partial charge in [0, 0.05) is 36.2 Å². The Labute approximate surface area is 131 Å². The van der Waals surface area contributed by atoms with Gasteiger partial charge in [0.25, 0.3) is 0 Å². The normalized spacial score (nSPS) is 21.1. The lowest BCUT2D eigenvalue weighted by Crippen LogP contribution is -2.41. The van der Waals surface area contributed by atoms with Crippen molar-refractivity contribution < 1.29 is 12.8 Å². The van der Waals surface area contributed by atoms with Crippen LogP contribution in [-0.4, -0.2) is 42.9 Å². The van der Waals surface area contributed by atoms with Crippen molar-refractivity contribution in [1.82, 2.24) is 9.62 Å². The second-order valence-electron chi connectivity index (χ2n) is 5.71. The lowest BCUT2D eigenvalue weighted by atomic mass is 10.3. The van der Waals surface area contributed by atoms with Crippen LogP contribution in [0.3, 0.4) is 0 Å². The van der Waals surface area contributed by atoms with Crippen molar-refractivity contribution in [2.24, 2.45) is 0 Å². The van der Waals surface area contributed by atoms with Crippen molar-refractivity contribution >= 4 is 21.8 Å². The third-order valence-corrected chi connectivity index (χ3v) is 6.54. The molecule has 0 bridgehead atoms. The number of sulfonamides is 1. The molecule has 1 aliphatic heterocycles. The van der Waals surface area contributed by atoms with Gasteiger partial charge in [0.05, 0.1) is 6.54 Å². The molecule has 1 fully saturated rings. The number of hydrogen-bond donors (Lipinski definition) is 1. The SMILES string of the molecule is Cc1oc(CNC(C)C)cc1S(=O)(=O)N1CCSC(C)C1. The number of aryl methyl sites for hydroxylation is 1. The van der Waals surface area contributed by atoms with E-state index in [1.165, 1.54) is 0 Å². The van der Waals surface area contributed by atoms with Gasteiger partial charge >= 0.3 is 0 Å². The summed E-state index contributed by atoms with van der Waals surface area (Å²) in [6, 6.07) is 1.99. The number of hydrogen-bond acceptors (Lipinski definition) is 5. The summed E-state index contributed by atoms with van der Waals surface area (Å²) in [5.74, 6) is 1.99. The van der Waals surface area contributed by atoms with Crippen molar-refractivity contribution in [1.29, 1.82) is 0 Å². The minimum absolute atomic E-state index is 0.308. The van der Waals surface area contributed by atoms with Crippen molar-refractivity contribution in [2.45, 2.75) is 50.4 Å². The van der Waals surface area contributed by atoms with Crippen LogP contribution in [0, 0.1) is 6.92 Å². The molecule has 1 atom stereocenters. The first-order valence-electron chi connectivity index (χ1n) is 7.25. The Balaban J connectivity index is 2.19. The predicted octanol–water partition coefficient (Wildman–Crippen LogP) is 2.21. The van der Waals surface area contributed by atoms with Crippen LogP contribution >= 0.6 is 11.8 Å². The summed E-state index contributed by atoms with van der Waals surface area (Å²) in [4.78, 5) is 0.308. The lowest BCUT2D eigenvalue weighted by Gasteiger charge is -2.29. The predicted molar refractivity (Wildman–Crippen MR) is 86.1 cm³/mol. The quantitative estimate of drug-likeness (QED) is 0.896. The second kappa shape index (κ2) is 6.73. The zero-order valence-electron chi connectivity index (χ0n) is 13.0. The minimum Gasteiger partial charge on any atom is -0.464 e. The van der Waals surface area contributed by atoms with E-state index in [1.54, 1.807) is 17.3 Å². The highest BCUT2D eigenvalue weighted by Crippen LogP contribution is 2.27. The van der Waals surface area contributed by atoms with Gasteiger partial charge in [-0.25, -0.2) is 8.42 Å². The van der Waals surface area contributed by atoms with Gasteiger partial charge in [-0.1, -0.05) is 20.8 Å². The van der Waals surface area contributed by atoms with Crippen LogP contribution in [0.1, 0.15) is 32.3 Å². The van der Waals surface area contributed by atoms with Gasteiger partial charge in [0.2, 0.25) is 10.0 Å². The summed E-state index contributed by atoms with van der Waals surface area (Å²) in [6.45, 7) is 9.54. The molecule has 0 amide bonds. The van der Waals surface area contributed by atoms with Crippen molar-refractivity contribution in [3.8, 4) is 0 Å². The number of nitrogens with one attached hydrogen (secondary N) is 1. The highest BCUT2D eigenvalue weighted by molar-refractivity contribution is 8.00. The van der Waals surface area contributed by atoms with E-state index in [4.69, 9.17) is 4.42 Å². The van der Waals surface area contributed by atoms with Gasteiger partial charge in [0.1, 0.15) is 16.4 Å². The van der Waals surface area contributed by atoms with Crippen molar-refractivity contribution in [3.05, 3.63) is 17.6 Å². The summed E-state index contributed by atoms with van der Waals surface area (Å²) in [7, 11) is -3.44. The van der Waals surface area contributed by atoms with Gasteiger partial charge in [0.15, 0.2) is 0 Å². The monoisotopic (exact) mass is 332 g/mol. The van der Waals surface area contributed by atoms with E-state index in [0.717, 1.165) is 5.75 Å². The Morgan fingerprint density at radius 2 is 2.24 bits per heavy atom. The lowest BCUT2D eigenvalue weighted by molar-refractivity contribution is 0.419. The fourth-order valence-corrected chi connectivity index (χ4v) is 5.25. The third-order valence-electron chi connectivity index (χ3n) is 3.43. The number of rotatable bonds is 5. The van der Waals surface area contributed by atoms with Gasteiger partial charge in [-0.3, -0.25) is 0 Å². The Morgan fingerprint density at radius 1 is 1.52 bits per heavy atom. The fraction of sp³-hybridized carbons (Fsp3) is 0.714. The molecule has 120 valence electrons. The molecule has 0 spiro atoms. The Morgan fingerprint density at radius 3 is 2.86 bits per heavy atom. The van der Waals surface area contributed by atoms with Crippen molar-refractivity contribution in [3.63, 3.8) is 0 Å². The van der Waals surface area contributed by atoms with E-state index in [2.05, 4.69) is 12.2 Å². The van der Waals surface area contributed by atoms with Gasteiger partial charge in [-0.05, 0) is 6.92 Å². The molecule has 21 heavy (non-hydrogen) atoms. The van der Waals surface area contributed by atoms with E-state index < -0.39 is 10.0 Å². The number of furan rings is 1. The maximum absolute atomic E-state index is 12.7. The molecular formula is C14H24N2O3S2. The van der Waals surface area contributed by atoms with Crippen LogP contribution in [0.25, 0.3) is 0 Å². The summed E-state index contributed by atoms with van der Waals surface area (Å²) < 4.78 is 32.7. The second-order valence-corrected chi connectivity index (χ2v) is 9.17. The number of nitrogens with zero attached hydrogens (tertiary/aromatic N) is 1. The zero-order valence-corrected chi connectivity index (χ0v) is 14.7. The summed E-state index contributed by atoms with van der Waals surface area (Å²) in [6.07, 6.45) is 0. The molecule has 0 radical (unpaired) electrons. The zero-order chi connectivity index (χ0) is 15.6. The fourth-order valence-electron chi connectivity index (χ4n) is 2.32. The topological polar surface area (TPSA) is 62.6 Å².